The van der Waals surface area contributed by atoms with E-state index in [9.17, 15) is 4.79 Å². The Bertz CT molecular complexity index is 670. The van der Waals surface area contributed by atoms with Gasteiger partial charge in [-0.2, -0.15) is 0 Å². The van der Waals surface area contributed by atoms with Crippen molar-refractivity contribution in [1.29, 1.82) is 0 Å². The third-order valence-electron chi connectivity index (χ3n) is 3.70. The van der Waals surface area contributed by atoms with Gasteiger partial charge in [0, 0.05) is 16.3 Å². The maximum absolute atomic E-state index is 12.1. The Morgan fingerprint density at radius 1 is 1.23 bits per heavy atom. The van der Waals surface area contributed by atoms with E-state index in [0.717, 1.165) is 27.4 Å². The lowest BCUT2D eigenvalue weighted by molar-refractivity contribution is -0.682. The molecule has 0 spiro atoms. The molecule has 3 N–H and O–H groups in total. The molecule has 0 aromatic heterocycles. The third kappa shape index (κ3) is 4.58. The second-order valence-corrected chi connectivity index (χ2v) is 6.09. The second kappa shape index (κ2) is 7.43. The van der Waals surface area contributed by atoms with Crippen LogP contribution in [-0.2, 0) is 4.79 Å². The predicted octanol–water partition coefficient (Wildman–Crippen LogP) is 3.22. The summed E-state index contributed by atoms with van der Waals surface area (Å²) >= 11 is 6.00. The molecule has 0 fully saturated rings. The van der Waals surface area contributed by atoms with Gasteiger partial charge in [0.2, 0.25) is 0 Å². The van der Waals surface area contributed by atoms with Crippen molar-refractivity contribution in [3.05, 3.63) is 64.2 Å². The van der Waals surface area contributed by atoms with Crippen molar-refractivity contribution in [1.82, 2.24) is 0 Å². The van der Waals surface area contributed by atoms with Gasteiger partial charge in [0.25, 0.3) is 5.91 Å². The summed E-state index contributed by atoms with van der Waals surface area (Å²) in [4.78, 5) is 12.1. The van der Waals surface area contributed by atoms with Gasteiger partial charge < -0.3 is 10.6 Å². The van der Waals surface area contributed by atoms with E-state index in [-0.39, 0.29) is 11.9 Å². The minimum Gasteiger partial charge on any atom is -0.333 e. The van der Waals surface area contributed by atoms with E-state index in [4.69, 9.17) is 11.6 Å². The van der Waals surface area contributed by atoms with Gasteiger partial charge in [-0.3, -0.25) is 4.79 Å². The van der Waals surface area contributed by atoms with Crippen LogP contribution in [0.5, 0.6) is 0 Å². The fourth-order valence-corrected chi connectivity index (χ4v) is 2.48. The van der Waals surface area contributed by atoms with Gasteiger partial charge in [-0.05, 0) is 50.1 Å². The fourth-order valence-electron chi connectivity index (χ4n) is 2.28. The summed E-state index contributed by atoms with van der Waals surface area (Å²) in [6.07, 6.45) is 0. The second-order valence-electron chi connectivity index (χ2n) is 5.65. The van der Waals surface area contributed by atoms with E-state index in [1.54, 1.807) is 0 Å². The number of quaternary nitrogens is 1. The number of aryl methyl sites for hydroxylation is 2. The molecular weight excluding hydrogens is 296 g/mol. The normalized spacial score (nSPS) is 12.0. The van der Waals surface area contributed by atoms with Gasteiger partial charge >= 0.3 is 0 Å². The maximum Gasteiger partial charge on any atom is 0.279 e. The van der Waals surface area contributed by atoms with Crippen LogP contribution in [0.15, 0.2) is 42.5 Å². The number of carbonyl (C=O) groups excluding carboxylic acids is 1. The number of benzene rings is 2. The first-order valence-corrected chi connectivity index (χ1v) is 7.79. The summed E-state index contributed by atoms with van der Waals surface area (Å²) in [5.74, 6) is 0.00239. The summed E-state index contributed by atoms with van der Waals surface area (Å²) in [6.45, 7) is 6.45. The summed E-state index contributed by atoms with van der Waals surface area (Å²) in [5, 5.41) is 5.70. The van der Waals surface area contributed by atoms with Crippen molar-refractivity contribution in [2.45, 2.75) is 26.8 Å². The molecule has 0 unspecified atom stereocenters. The number of hydrogen-bond donors (Lipinski definition) is 2. The van der Waals surface area contributed by atoms with E-state index in [1.165, 1.54) is 0 Å². The zero-order valence-corrected chi connectivity index (χ0v) is 13.9. The molecule has 0 aliphatic heterocycles. The number of nitrogens with one attached hydrogen (secondary N) is 1. The van der Waals surface area contributed by atoms with Gasteiger partial charge in [0.15, 0.2) is 6.54 Å². The van der Waals surface area contributed by atoms with Gasteiger partial charge in [0.1, 0.15) is 6.04 Å². The molecule has 2 rings (SSSR count). The highest BCUT2D eigenvalue weighted by Crippen LogP contribution is 2.16. The number of rotatable bonds is 5. The van der Waals surface area contributed by atoms with E-state index in [0.29, 0.717) is 6.54 Å². The van der Waals surface area contributed by atoms with Crippen LogP contribution < -0.4 is 10.6 Å². The molecule has 0 aliphatic carbocycles. The zero-order chi connectivity index (χ0) is 16.1. The first-order chi connectivity index (χ1) is 10.5. The topological polar surface area (TPSA) is 45.7 Å². The summed E-state index contributed by atoms with van der Waals surface area (Å²) in [6, 6.07) is 14.0. The molecule has 2 aromatic carbocycles. The predicted molar refractivity (Wildman–Crippen MR) is 91.2 cm³/mol. The molecule has 1 amide bonds. The minimum atomic E-state index is 0.00239. The quantitative estimate of drug-likeness (QED) is 0.874. The van der Waals surface area contributed by atoms with E-state index >= 15 is 0 Å². The van der Waals surface area contributed by atoms with Crippen molar-refractivity contribution in [3.63, 3.8) is 0 Å². The molecule has 2 aromatic rings. The van der Waals surface area contributed by atoms with Gasteiger partial charge in [-0.25, -0.2) is 0 Å². The molecule has 0 bridgehead atoms. The van der Waals surface area contributed by atoms with Crippen LogP contribution in [0.2, 0.25) is 5.02 Å². The highest BCUT2D eigenvalue weighted by molar-refractivity contribution is 6.30. The number of hydrogen-bond acceptors (Lipinski definition) is 1. The molecule has 0 saturated heterocycles. The lowest BCUT2D eigenvalue weighted by Crippen LogP contribution is -2.86. The summed E-state index contributed by atoms with van der Waals surface area (Å²) in [5.41, 5.74) is 4.21. The Hall–Kier alpha value is -1.84. The van der Waals surface area contributed by atoms with Crippen molar-refractivity contribution in [2.24, 2.45) is 0 Å². The molecule has 116 valence electrons. The first-order valence-electron chi connectivity index (χ1n) is 7.41. The van der Waals surface area contributed by atoms with Crippen molar-refractivity contribution in [2.75, 3.05) is 11.9 Å². The number of carbonyl (C=O) groups is 1. The van der Waals surface area contributed by atoms with Crippen LogP contribution in [0.4, 0.5) is 5.69 Å². The Morgan fingerprint density at radius 3 is 2.73 bits per heavy atom. The summed E-state index contributed by atoms with van der Waals surface area (Å²) < 4.78 is 0. The Balaban J connectivity index is 1.91. The number of amides is 1. The van der Waals surface area contributed by atoms with E-state index in [1.807, 2.05) is 61.6 Å². The highest BCUT2D eigenvalue weighted by Gasteiger charge is 2.12. The smallest absolute Gasteiger partial charge is 0.279 e. The average molecular weight is 318 g/mol. The molecule has 0 saturated carbocycles. The van der Waals surface area contributed by atoms with Gasteiger partial charge in [-0.15, -0.1) is 0 Å². The van der Waals surface area contributed by atoms with Crippen molar-refractivity contribution in [3.8, 4) is 0 Å². The van der Waals surface area contributed by atoms with Gasteiger partial charge in [-0.1, -0.05) is 35.9 Å². The standard InChI is InChI=1S/C18H21ClN2O/c1-12-7-8-13(2)17(9-12)21-18(22)11-20-14(3)15-5-4-6-16(19)10-15/h4-10,14,20H,11H2,1-3H3,(H,21,22)/p+1/t14-/m1/s1. The molecule has 4 heteroatoms. The molecular formula is C18H22ClN2O+. The monoisotopic (exact) mass is 317 g/mol. The van der Waals surface area contributed by atoms with Crippen LogP contribution in [0.3, 0.4) is 0 Å². The lowest BCUT2D eigenvalue weighted by Gasteiger charge is -2.12. The van der Waals surface area contributed by atoms with E-state index < -0.39 is 0 Å². The Morgan fingerprint density at radius 2 is 2.00 bits per heavy atom. The summed E-state index contributed by atoms with van der Waals surface area (Å²) in [7, 11) is 0. The molecule has 22 heavy (non-hydrogen) atoms. The lowest BCUT2D eigenvalue weighted by atomic mass is 10.1. The zero-order valence-electron chi connectivity index (χ0n) is 13.2. The highest BCUT2D eigenvalue weighted by atomic mass is 35.5. The SMILES string of the molecule is Cc1ccc(C)c(NC(=O)C[NH2+][C@H](C)c2cccc(Cl)c2)c1. The molecule has 0 aliphatic rings. The van der Waals surface area contributed by atoms with Crippen LogP contribution in [-0.4, -0.2) is 12.5 Å². The number of anilines is 1. The van der Waals surface area contributed by atoms with Crippen LogP contribution >= 0.6 is 11.6 Å². The fraction of sp³-hybridized carbons (Fsp3) is 0.278. The first kappa shape index (κ1) is 16.5. The van der Waals surface area contributed by atoms with Crippen molar-refractivity contribution < 1.29 is 10.1 Å². The average Bonchev–Trinajstić information content (AvgIpc) is 2.48. The molecule has 0 radical (unpaired) electrons. The maximum atomic E-state index is 12.1. The van der Waals surface area contributed by atoms with Crippen LogP contribution in [0.1, 0.15) is 29.7 Å². The molecule has 0 heterocycles. The van der Waals surface area contributed by atoms with Crippen molar-refractivity contribution >= 4 is 23.2 Å². The Kier molecular flexibility index (Phi) is 5.58. The Labute approximate surface area is 136 Å². The largest absolute Gasteiger partial charge is 0.333 e. The van der Waals surface area contributed by atoms with E-state index in [2.05, 4.69) is 12.2 Å². The number of nitrogens with two attached hydrogens (primary N) is 1. The molecule has 3 nitrogen and oxygen atoms in total. The number of halogens is 1. The molecule has 1 atom stereocenters. The third-order valence-corrected chi connectivity index (χ3v) is 3.93. The van der Waals surface area contributed by atoms with Crippen LogP contribution in [0, 0.1) is 13.8 Å². The van der Waals surface area contributed by atoms with Gasteiger partial charge in [0.05, 0.1) is 0 Å². The minimum absolute atomic E-state index is 0.00239. The van der Waals surface area contributed by atoms with Crippen LogP contribution in [0.25, 0.3) is 0 Å².